The number of ether oxygens (including phenoxy) is 2. The van der Waals surface area contributed by atoms with E-state index in [0.29, 0.717) is 13.0 Å². The van der Waals surface area contributed by atoms with Crippen LogP contribution in [0.4, 0.5) is 0 Å². The van der Waals surface area contributed by atoms with Gasteiger partial charge in [0.15, 0.2) is 0 Å². The molecule has 2 fully saturated rings. The molecule has 0 aromatic carbocycles. The van der Waals surface area contributed by atoms with E-state index in [4.69, 9.17) is 4.74 Å². The number of hydrogen-bond donors (Lipinski definition) is 1. The molecular weight excluding hydrogens is 210 g/mol. The Morgan fingerprint density at radius 3 is 2.56 bits per heavy atom. The molecule has 16 heavy (non-hydrogen) atoms. The fraction of sp³-hybridized carbons (Fsp3) is 0.818. The topological polar surface area (TPSA) is 64.6 Å². The molecule has 2 rings (SSSR count). The largest absolute Gasteiger partial charge is 0.468 e. The van der Waals surface area contributed by atoms with Crippen LogP contribution >= 0.6 is 0 Å². The third-order valence-electron chi connectivity index (χ3n) is 3.30. The molecule has 2 aliphatic rings. The Hall–Kier alpha value is -1.10. The summed E-state index contributed by atoms with van der Waals surface area (Å²) in [6, 6.07) is -0.329. The molecule has 0 aromatic rings. The summed E-state index contributed by atoms with van der Waals surface area (Å²) < 4.78 is 9.96. The standard InChI is InChI=1S/C11H17NO4/c1-15-11(14)9-5-8(6-12-9)16-10(13)7-3-2-4-7/h7-9,12H,2-6H2,1H3/t8-,9+/m1/s1. The molecular formula is C11H17NO4. The van der Waals surface area contributed by atoms with Gasteiger partial charge in [-0.15, -0.1) is 0 Å². The van der Waals surface area contributed by atoms with Gasteiger partial charge in [0.2, 0.25) is 0 Å². The van der Waals surface area contributed by atoms with Crippen molar-refractivity contribution in [3.05, 3.63) is 0 Å². The summed E-state index contributed by atoms with van der Waals surface area (Å²) in [6.07, 6.45) is 3.34. The SMILES string of the molecule is COC(=O)[C@@H]1C[C@@H](OC(=O)C2CCC2)CN1. The Kier molecular flexibility index (Phi) is 3.43. The Labute approximate surface area is 94.5 Å². The Morgan fingerprint density at radius 2 is 2.00 bits per heavy atom. The highest BCUT2D eigenvalue weighted by atomic mass is 16.5. The first-order valence-corrected chi connectivity index (χ1v) is 5.72. The molecule has 1 saturated carbocycles. The minimum absolute atomic E-state index is 0.0946. The van der Waals surface area contributed by atoms with E-state index in [9.17, 15) is 9.59 Å². The van der Waals surface area contributed by atoms with Gasteiger partial charge >= 0.3 is 11.9 Å². The van der Waals surface area contributed by atoms with Crippen molar-refractivity contribution in [3.8, 4) is 0 Å². The van der Waals surface area contributed by atoms with E-state index >= 15 is 0 Å². The second-order valence-electron chi connectivity index (χ2n) is 4.41. The van der Waals surface area contributed by atoms with Crippen molar-refractivity contribution in [1.82, 2.24) is 5.32 Å². The maximum Gasteiger partial charge on any atom is 0.323 e. The Morgan fingerprint density at radius 1 is 1.25 bits per heavy atom. The number of esters is 2. The highest BCUT2D eigenvalue weighted by molar-refractivity contribution is 5.76. The van der Waals surface area contributed by atoms with Gasteiger partial charge in [-0.05, 0) is 12.8 Å². The zero-order chi connectivity index (χ0) is 11.5. The Bertz CT molecular complexity index is 288. The molecule has 0 amide bonds. The number of nitrogens with one attached hydrogen (secondary N) is 1. The van der Waals surface area contributed by atoms with Gasteiger partial charge in [-0.25, -0.2) is 0 Å². The van der Waals surface area contributed by atoms with E-state index in [1.54, 1.807) is 0 Å². The molecule has 0 radical (unpaired) electrons. The highest BCUT2D eigenvalue weighted by Gasteiger charge is 2.35. The lowest BCUT2D eigenvalue weighted by atomic mass is 9.86. The summed E-state index contributed by atoms with van der Waals surface area (Å²) in [4.78, 5) is 22.8. The van der Waals surface area contributed by atoms with Gasteiger partial charge in [-0.1, -0.05) is 6.42 Å². The maximum absolute atomic E-state index is 11.6. The van der Waals surface area contributed by atoms with Crippen molar-refractivity contribution >= 4 is 11.9 Å². The van der Waals surface area contributed by atoms with Crippen LogP contribution in [0.15, 0.2) is 0 Å². The summed E-state index contributed by atoms with van der Waals surface area (Å²) >= 11 is 0. The molecule has 1 N–H and O–H groups in total. The van der Waals surface area contributed by atoms with Crippen molar-refractivity contribution in [3.63, 3.8) is 0 Å². The van der Waals surface area contributed by atoms with Crippen LogP contribution in [0.3, 0.4) is 0 Å². The van der Waals surface area contributed by atoms with Crippen LogP contribution in [0.25, 0.3) is 0 Å². The van der Waals surface area contributed by atoms with Crippen molar-refractivity contribution < 1.29 is 19.1 Å². The normalized spacial score (nSPS) is 29.6. The van der Waals surface area contributed by atoms with Crippen molar-refractivity contribution in [1.29, 1.82) is 0 Å². The minimum atomic E-state index is -0.329. The summed E-state index contributed by atoms with van der Waals surface area (Å²) in [5.41, 5.74) is 0. The van der Waals surface area contributed by atoms with E-state index in [1.807, 2.05) is 0 Å². The monoisotopic (exact) mass is 227 g/mol. The van der Waals surface area contributed by atoms with Gasteiger partial charge in [0.1, 0.15) is 12.1 Å². The van der Waals surface area contributed by atoms with E-state index in [1.165, 1.54) is 7.11 Å². The lowest BCUT2D eigenvalue weighted by molar-refractivity contribution is -0.156. The first kappa shape index (κ1) is 11.4. The summed E-state index contributed by atoms with van der Waals surface area (Å²) in [5, 5.41) is 2.99. The van der Waals surface area contributed by atoms with E-state index < -0.39 is 0 Å². The molecule has 0 aromatic heterocycles. The van der Waals surface area contributed by atoms with Gasteiger partial charge in [-0.3, -0.25) is 9.59 Å². The minimum Gasteiger partial charge on any atom is -0.468 e. The first-order valence-electron chi connectivity index (χ1n) is 5.72. The lowest BCUT2D eigenvalue weighted by Gasteiger charge is -2.24. The molecule has 90 valence electrons. The van der Waals surface area contributed by atoms with Crippen LogP contribution in [0.2, 0.25) is 0 Å². The molecule has 1 aliphatic heterocycles. The highest BCUT2D eigenvalue weighted by Crippen LogP contribution is 2.28. The van der Waals surface area contributed by atoms with E-state index in [0.717, 1.165) is 19.3 Å². The average Bonchev–Trinajstić information content (AvgIpc) is 2.62. The fourth-order valence-corrected chi connectivity index (χ4v) is 2.02. The molecule has 5 heteroatoms. The van der Waals surface area contributed by atoms with Gasteiger partial charge < -0.3 is 14.8 Å². The summed E-state index contributed by atoms with van der Waals surface area (Å²) in [6.45, 7) is 0.540. The molecule has 0 unspecified atom stereocenters. The van der Waals surface area contributed by atoms with Crippen LogP contribution in [0, 0.1) is 5.92 Å². The van der Waals surface area contributed by atoms with Crippen LogP contribution < -0.4 is 5.32 Å². The molecule has 0 spiro atoms. The lowest BCUT2D eigenvalue weighted by Crippen LogP contribution is -2.31. The molecule has 0 bridgehead atoms. The van der Waals surface area contributed by atoms with E-state index in [2.05, 4.69) is 10.1 Å². The second-order valence-corrected chi connectivity index (χ2v) is 4.41. The zero-order valence-electron chi connectivity index (χ0n) is 9.40. The van der Waals surface area contributed by atoms with Crippen LogP contribution in [0.5, 0.6) is 0 Å². The quantitative estimate of drug-likeness (QED) is 0.699. The average molecular weight is 227 g/mol. The van der Waals surface area contributed by atoms with Crippen LogP contribution in [0.1, 0.15) is 25.7 Å². The van der Waals surface area contributed by atoms with Gasteiger partial charge in [0, 0.05) is 13.0 Å². The number of rotatable bonds is 3. The van der Waals surface area contributed by atoms with Crippen LogP contribution in [-0.4, -0.2) is 37.7 Å². The number of methoxy groups -OCH3 is 1. The van der Waals surface area contributed by atoms with Crippen molar-refractivity contribution in [2.75, 3.05) is 13.7 Å². The predicted molar refractivity (Wildman–Crippen MR) is 55.6 cm³/mol. The molecule has 1 saturated heterocycles. The third kappa shape index (κ3) is 2.35. The molecule has 1 aliphatic carbocycles. The molecule has 2 atom stereocenters. The number of carbonyl (C=O) groups excluding carboxylic acids is 2. The summed E-state index contributed by atoms with van der Waals surface area (Å²) in [7, 11) is 1.36. The van der Waals surface area contributed by atoms with Crippen LogP contribution in [-0.2, 0) is 19.1 Å². The van der Waals surface area contributed by atoms with E-state index in [-0.39, 0.29) is 30.0 Å². The maximum atomic E-state index is 11.6. The summed E-state index contributed by atoms with van der Waals surface area (Å²) in [5.74, 6) is -0.303. The molecule has 5 nitrogen and oxygen atoms in total. The smallest absolute Gasteiger partial charge is 0.323 e. The number of carbonyl (C=O) groups is 2. The molecule has 1 heterocycles. The van der Waals surface area contributed by atoms with Gasteiger partial charge in [0.05, 0.1) is 13.0 Å². The van der Waals surface area contributed by atoms with Gasteiger partial charge in [-0.2, -0.15) is 0 Å². The number of hydrogen-bond acceptors (Lipinski definition) is 5. The fourth-order valence-electron chi connectivity index (χ4n) is 2.02. The predicted octanol–water partition coefficient (Wildman–Crippen LogP) is 0.233. The van der Waals surface area contributed by atoms with Gasteiger partial charge in [0.25, 0.3) is 0 Å². The second kappa shape index (κ2) is 4.82. The third-order valence-corrected chi connectivity index (χ3v) is 3.30. The van der Waals surface area contributed by atoms with Crippen molar-refractivity contribution in [2.24, 2.45) is 5.92 Å². The first-order chi connectivity index (χ1) is 7.70. The van der Waals surface area contributed by atoms with Crippen molar-refractivity contribution in [2.45, 2.75) is 37.8 Å². The zero-order valence-corrected chi connectivity index (χ0v) is 9.40. The Balaban J connectivity index is 1.75.